The summed E-state index contributed by atoms with van der Waals surface area (Å²) >= 11 is 6.07. The summed E-state index contributed by atoms with van der Waals surface area (Å²) in [6.07, 6.45) is 6.22. The molecule has 2 amide bonds. The van der Waals surface area contributed by atoms with Crippen LogP contribution in [0.2, 0.25) is 5.02 Å². The number of nitrogens with one attached hydrogen (secondary N) is 1. The topological polar surface area (TPSA) is 86.8 Å². The van der Waals surface area contributed by atoms with Gasteiger partial charge in [-0.05, 0) is 56.4 Å². The van der Waals surface area contributed by atoms with Crippen LogP contribution in [-0.2, 0) is 26.2 Å². The van der Waals surface area contributed by atoms with E-state index in [1.165, 1.54) is 4.31 Å². The van der Waals surface area contributed by atoms with Crippen LogP contribution in [0.3, 0.4) is 0 Å². The van der Waals surface area contributed by atoms with E-state index >= 15 is 0 Å². The lowest BCUT2D eigenvalue weighted by molar-refractivity contribution is -0.141. The van der Waals surface area contributed by atoms with Gasteiger partial charge in [-0.3, -0.25) is 13.9 Å². The van der Waals surface area contributed by atoms with Crippen molar-refractivity contribution in [3.63, 3.8) is 0 Å². The number of sulfonamides is 1. The molecule has 3 rings (SSSR count). The number of carbonyl (C=O) groups excluding carboxylic acids is 2. The van der Waals surface area contributed by atoms with Crippen LogP contribution in [0.5, 0.6) is 0 Å². The molecule has 37 heavy (non-hydrogen) atoms. The Kier molecular flexibility index (Phi) is 10.4. The van der Waals surface area contributed by atoms with E-state index in [-0.39, 0.29) is 30.8 Å². The SMILES string of the molecule is CCC(C(=O)NC1CCCC1)N(Cc1cccc(C)c1)C(=O)CCCN(c1cccc(Cl)c1)S(C)(=O)=O. The minimum Gasteiger partial charge on any atom is -0.352 e. The Morgan fingerprint density at radius 1 is 1.11 bits per heavy atom. The number of aryl methyl sites for hydroxylation is 1. The molecule has 1 atom stereocenters. The second-order valence-electron chi connectivity index (χ2n) is 9.84. The van der Waals surface area contributed by atoms with Crippen LogP contribution >= 0.6 is 11.6 Å². The lowest BCUT2D eigenvalue weighted by Gasteiger charge is -2.32. The summed E-state index contributed by atoms with van der Waals surface area (Å²) in [6, 6.07) is 14.1. The second kappa shape index (κ2) is 13.3. The fraction of sp³-hybridized carbons (Fsp3) is 0.500. The van der Waals surface area contributed by atoms with Crippen LogP contribution in [0.4, 0.5) is 5.69 Å². The Morgan fingerprint density at radius 3 is 2.43 bits per heavy atom. The third-order valence-corrected chi connectivity index (χ3v) is 8.20. The van der Waals surface area contributed by atoms with Gasteiger partial charge >= 0.3 is 0 Å². The first-order valence-corrected chi connectivity index (χ1v) is 15.2. The smallest absolute Gasteiger partial charge is 0.243 e. The van der Waals surface area contributed by atoms with E-state index < -0.39 is 16.1 Å². The van der Waals surface area contributed by atoms with Crippen molar-refractivity contribution in [1.82, 2.24) is 10.2 Å². The number of benzene rings is 2. The van der Waals surface area contributed by atoms with Gasteiger partial charge in [-0.2, -0.15) is 0 Å². The first-order chi connectivity index (χ1) is 17.6. The number of anilines is 1. The maximum atomic E-state index is 13.6. The number of carbonyl (C=O) groups is 2. The zero-order valence-corrected chi connectivity index (χ0v) is 23.5. The van der Waals surface area contributed by atoms with Gasteiger partial charge in [0.2, 0.25) is 21.8 Å². The molecule has 0 saturated heterocycles. The maximum absolute atomic E-state index is 13.6. The van der Waals surface area contributed by atoms with E-state index in [9.17, 15) is 18.0 Å². The number of halogens is 1. The number of hydrogen-bond donors (Lipinski definition) is 1. The predicted molar refractivity (Wildman–Crippen MR) is 149 cm³/mol. The standard InChI is InChI=1S/C28H38ClN3O4S/c1-4-26(28(34)30-24-13-5-6-14-24)31(20-22-11-7-10-21(2)18-22)27(33)16-9-17-32(37(3,35)36)25-15-8-12-23(29)19-25/h7-8,10-12,15,18-19,24,26H,4-6,9,13-14,16-17,20H2,1-3H3,(H,30,34). The molecule has 2 aromatic carbocycles. The summed E-state index contributed by atoms with van der Waals surface area (Å²) < 4.78 is 26.2. The van der Waals surface area contributed by atoms with E-state index in [1.807, 2.05) is 38.1 Å². The third kappa shape index (κ3) is 8.47. The van der Waals surface area contributed by atoms with E-state index in [1.54, 1.807) is 29.2 Å². The maximum Gasteiger partial charge on any atom is 0.243 e. The van der Waals surface area contributed by atoms with Gasteiger partial charge in [-0.1, -0.05) is 67.3 Å². The van der Waals surface area contributed by atoms with Gasteiger partial charge in [0.05, 0.1) is 11.9 Å². The van der Waals surface area contributed by atoms with Crippen molar-refractivity contribution in [3.8, 4) is 0 Å². The minimum atomic E-state index is -3.57. The van der Waals surface area contributed by atoms with Gasteiger partial charge in [0.25, 0.3) is 0 Å². The molecule has 1 aliphatic rings. The first-order valence-electron chi connectivity index (χ1n) is 13.0. The van der Waals surface area contributed by atoms with Crippen molar-refractivity contribution in [3.05, 3.63) is 64.7 Å². The predicted octanol–water partition coefficient (Wildman–Crippen LogP) is 5.06. The molecule has 0 heterocycles. The van der Waals surface area contributed by atoms with Crippen LogP contribution in [0.1, 0.15) is 63.0 Å². The summed E-state index contributed by atoms with van der Waals surface area (Å²) in [5, 5.41) is 3.59. The van der Waals surface area contributed by atoms with Gasteiger partial charge < -0.3 is 10.2 Å². The largest absolute Gasteiger partial charge is 0.352 e. The molecule has 0 bridgehead atoms. The van der Waals surface area contributed by atoms with E-state index in [2.05, 4.69) is 5.32 Å². The highest BCUT2D eigenvalue weighted by molar-refractivity contribution is 7.92. The number of amides is 2. The third-order valence-electron chi connectivity index (χ3n) is 6.77. The summed E-state index contributed by atoms with van der Waals surface area (Å²) in [6.45, 7) is 4.37. The summed E-state index contributed by atoms with van der Waals surface area (Å²) in [7, 11) is -3.57. The molecule has 9 heteroatoms. The lowest BCUT2D eigenvalue weighted by Crippen LogP contribution is -2.51. The average Bonchev–Trinajstić information content (AvgIpc) is 3.33. The lowest BCUT2D eigenvalue weighted by atomic mass is 10.1. The first kappa shape index (κ1) is 29.0. The Labute approximate surface area is 226 Å². The fourth-order valence-corrected chi connectivity index (χ4v) is 6.07. The minimum absolute atomic E-state index is 0.117. The molecule has 0 radical (unpaired) electrons. The molecular weight excluding hydrogens is 510 g/mol. The quantitative estimate of drug-likeness (QED) is 0.402. The molecule has 1 unspecified atom stereocenters. The monoisotopic (exact) mass is 547 g/mol. The van der Waals surface area contributed by atoms with Crippen LogP contribution in [0.15, 0.2) is 48.5 Å². The van der Waals surface area contributed by atoms with Crippen LogP contribution in [-0.4, -0.2) is 50.0 Å². The van der Waals surface area contributed by atoms with Gasteiger partial charge in [0, 0.05) is 30.6 Å². The Balaban J connectivity index is 1.76. The molecule has 2 aromatic rings. The van der Waals surface area contributed by atoms with Crippen LogP contribution in [0, 0.1) is 6.92 Å². The molecule has 7 nitrogen and oxygen atoms in total. The second-order valence-corrected chi connectivity index (χ2v) is 12.2. The highest BCUT2D eigenvalue weighted by Gasteiger charge is 2.30. The van der Waals surface area contributed by atoms with Gasteiger partial charge in [0.1, 0.15) is 6.04 Å². The molecule has 0 aromatic heterocycles. The van der Waals surface area contributed by atoms with Crippen molar-refractivity contribution in [2.75, 3.05) is 17.1 Å². The number of hydrogen-bond acceptors (Lipinski definition) is 4. The van der Waals surface area contributed by atoms with Crippen LogP contribution < -0.4 is 9.62 Å². The molecule has 1 saturated carbocycles. The number of nitrogens with zero attached hydrogens (tertiary/aromatic N) is 2. The van der Waals surface area contributed by atoms with Crippen molar-refractivity contribution >= 4 is 39.1 Å². The fourth-order valence-electron chi connectivity index (χ4n) is 4.93. The van der Waals surface area contributed by atoms with Crippen LogP contribution in [0.25, 0.3) is 0 Å². The zero-order chi connectivity index (χ0) is 27.0. The van der Waals surface area contributed by atoms with E-state index in [0.717, 1.165) is 43.1 Å². The number of rotatable bonds is 12. The Hall–Kier alpha value is -2.58. The highest BCUT2D eigenvalue weighted by atomic mass is 35.5. The van der Waals surface area contributed by atoms with Gasteiger partial charge in [-0.25, -0.2) is 8.42 Å². The van der Waals surface area contributed by atoms with Crippen molar-refractivity contribution in [2.24, 2.45) is 0 Å². The highest BCUT2D eigenvalue weighted by Crippen LogP contribution is 2.23. The average molecular weight is 548 g/mol. The van der Waals surface area contributed by atoms with Crippen molar-refractivity contribution < 1.29 is 18.0 Å². The molecule has 1 N–H and O–H groups in total. The Morgan fingerprint density at radius 2 is 1.81 bits per heavy atom. The molecule has 1 fully saturated rings. The molecule has 0 aliphatic heterocycles. The van der Waals surface area contributed by atoms with E-state index in [0.29, 0.717) is 30.1 Å². The normalized spacial score (nSPS) is 14.8. The van der Waals surface area contributed by atoms with Gasteiger partial charge in [0.15, 0.2) is 0 Å². The van der Waals surface area contributed by atoms with Gasteiger partial charge in [-0.15, -0.1) is 0 Å². The van der Waals surface area contributed by atoms with Crippen molar-refractivity contribution in [2.45, 2.75) is 77.4 Å². The molecule has 0 spiro atoms. The summed E-state index contributed by atoms with van der Waals surface area (Å²) in [4.78, 5) is 28.5. The van der Waals surface area contributed by atoms with E-state index in [4.69, 9.17) is 11.6 Å². The molecule has 1 aliphatic carbocycles. The van der Waals surface area contributed by atoms with Crippen molar-refractivity contribution in [1.29, 1.82) is 0 Å². The summed E-state index contributed by atoms with van der Waals surface area (Å²) in [5.41, 5.74) is 2.50. The molecule has 202 valence electrons. The zero-order valence-electron chi connectivity index (χ0n) is 22.0. The Bertz CT molecular complexity index is 1180. The summed E-state index contributed by atoms with van der Waals surface area (Å²) in [5.74, 6) is -0.290. The molecular formula is C28H38ClN3O4S.